The molecule has 0 radical (unpaired) electrons. The van der Waals surface area contributed by atoms with Crippen LogP contribution in [0.1, 0.15) is 33.6 Å². The average molecular weight is 446 g/mol. The number of aliphatic hydroxyl groups is 1. The van der Waals surface area contributed by atoms with Crippen LogP contribution in [-0.4, -0.2) is 71.3 Å². The first-order valence-electron chi connectivity index (χ1n) is 10.8. The SMILES string of the molecule is CC(C)(C)OC(=O)N1CCC(COc2cccc(NC3=CC(=O)N(CCO)C3=O)c2)CC1. The highest BCUT2D eigenvalue weighted by Gasteiger charge is 2.31. The van der Waals surface area contributed by atoms with Crippen molar-refractivity contribution < 1.29 is 29.0 Å². The molecule has 2 aliphatic rings. The average Bonchev–Trinajstić information content (AvgIpc) is 2.99. The minimum atomic E-state index is -0.500. The van der Waals surface area contributed by atoms with Gasteiger partial charge in [0.2, 0.25) is 0 Å². The molecule has 174 valence electrons. The number of likely N-dealkylation sites (tertiary alicyclic amines) is 1. The molecule has 0 bridgehead atoms. The number of nitrogens with one attached hydrogen (secondary N) is 1. The Balaban J connectivity index is 1.48. The zero-order valence-corrected chi connectivity index (χ0v) is 18.8. The first-order valence-corrected chi connectivity index (χ1v) is 10.8. The third kappa shape index (κ3) is 6.23. The van der Waals surface area contributed by atoms with Crippen molar-refractivity contribution >= 4 is 23.6 Å². The number of rotatable bonds is 7. The van der Waals surface area contributed by atoms with Crippen molar-refractivity contribution in [2.45, 2.75) is 39.2 Å². The van der Waals surface area contributed by atoms with Crippen LogP contribution in [0.5, 0.6) is 5.75 Å². The summed E-state index contributed by atoms with van der Waals surface area (Å²) >= 11 is 0. The van der Waals surface area contributed by atoms with Crippen molar-refractivity contribution in [3.63, 3.8) is 0 Å². The van der Waals surface area contributed by atoms with Gasteiger partial charge in [0, 0.05) is 30.9 Å². The summed E-state index contributed by atoms with van der Waals surface area (Å²) < 4.78 is 11.4. The lowest BCUT2D eigenvalue weighted by Crippen LogP contribution is -2.42. The number of anilines is 1. The number of benzene rings is 1. The monoisotopic (exact) mass is 445 g/mol. The van der Waals surface area contributed by atoms with Crippen LogP contribution in [0.15, 0.2) is 36.0 Å². The zero-order chi connectivity index (χ0) is 23.3. The van der Waals surface area contributed by atoms with Crippen LogP contribution >= 0.6 is 0 Å². The minimum absolute atomic E-state index is 0.0325. The van der Waals surface area contributed by atoms with Gasteiger partial charge in [-0.15, -0.1) is 0 Å². The van der Waals surface area contributed by atoms with E-state index in [0.717, 1.165) is 17.7 Å². The molecule has 1 aromatic carbocycles. The van der Waals surface area contributed by atoms with Gasteiger partial charge >= 0.3 is 6.09 Å². The molecular formula is C23H31N3O6. The van der Waals surface area contributed by atoms with Crippen molar-refractivity contribution in [3.05, 3.63) is 36.0 Å². The summed E-state index contributed by atoms with van der Waals surface area (Å²) in [7, 11) is 0. The van der Waals surface area contributed by atoms with E-state index in [1.807, 2.05) is 26.8 Å². The van der Waals surface area contributed by atoms with E-state index in [1.165, 1.54) is 6.08 Å². The number of aliphatic hydroxyl groups excluding tert-OH is 1. The maximum atomic E-state index is 12.3. The third-order valence-corrected chi connectivity index (χ3v) is 5.20. The van der Waals surface area contributed by atoms with Gasteiger partial charge in [-0.2, -0.15) is 0 Å². The second-order valence-electron chi connectivity index (χ2n) is 8.95. The number of carbonyl (C=O) groups is 3. The lowest BCUT2D eigenvalue weighted by atomic mass is 9.98. The van der Waals surface area contributed by atoms with Crippen LogP contribution in [0.3, 0.4) is 0 Å². The molecule has 0 saturated carbocycles. The lowest BCUT2D eigenvalue weighted by molar-refractivity contribution is -0.137. The fourth-order valence-corrected chi connectivity index (χ4v) is 3.55. The van der Waals surface area contributed by atoms with Gasteiger partial charge in [-0.05, 0) is 51.7 Å². The van der Waals surface area contributed by atoms with Crippen LogP contribution in [0, 0.1) is 5.92 Å². The van der Waals surface area contributed by atoms with Crippen LogP contribution in [0.2, 0.25) is 0 Å². The molecule has 2 heterocycles. The van der Waals surface area contributed by atoms with Gasteiger partial charge in [-0.3, -0.25) is 14.5 Å². The fraction of sp³-hybridized carbons (Fsp3) is 0.522. The second kappa shape index (κ2) is 10.0. The Morgan fingerprint density at radius 2 is 1.94 bits per heavy atom. The zero-order valence-electron chi connectivity index (χ0n) is 18.8. The molecule has 0 spiro atoms. The summed E-state index contributed by atoms with van der Waals surface area (Å²) in [5, 5.41) is 11.9. The smallest absolute Gasteiger partial charge is 0.410 e. The summed E-state index contributed by atoms with van der Waals surface area (Å²) in [6.07, 6.45) is 2.62. The first-order chi connectivity index (χ1) is 15.2. The Hall–Kier alpha value is -3.07. The summed E-state index contributed by atoms with van der Waals surface area (Å²) in [6, 6.07) is 7.17. The number of hydrogen-bond acceptors (Lipinski definition) is 7. The molecule has 1 saturated heterocycles. The minimum Gasteiger partial charge on any atom is -0.493 e. The molecule has 0 aliphatic carbocycles. The highest BCUT2D eigenvalue weighted by Crippen LogP contribution is 2.24. The van der Waals surface area contributed by atoms with Crippen LogP contribution in [0.25, 0.3) is 0 Å². The molecule has 2 aliphatic heterocycles. The molecule has 9 nitrogen and oxygen atoms in total. The van der Waals surface area contributed by atoms with E-state index in [9.17, 15) is 14.4 Å². The highest BCUT2D eigenvalue weighted by molar-refractivity contribution is 6.17. The van der Waals surface area contributed by atoms with Crippen molar-refractivity contribution in [1.82, 2.24) is 9.80 Å². The maximum Gasteiger partial charge on any atom is 0.410 e. The molecule has 0 atom stereocenters. The van der Waals surface area contributed by atoms with Gasteiger partial charge in [0.15, 0.2) is 0 Å². The standard InChI is InChI=1S/C23H31N3O6/c1-23(2,3)32-22(30)25-9-7-16(8-10-25)15-31-18-6-4-5-17(13-18)24-19-14-20(28)26(11-12-27)21(19)29/h4-6,13-14,16,24,27H,7-12,15H2,1-3H3. The van der Waals surface area contributed by atoms with E-state index >= 15 is 0 Å². The van der Waals surface area contributed by atoms with Gasteiger partial charge < -0.3 is 24.8 Å². The number of piperidine rings is 1. The van der Waals surface area contributed by atoms with Crippen LogP contribution in [0.4, 0.5) is 10.5 Å². The predicted octanol–water partition coefficient (Wildman–Crippen LogP) is 2.37. The Kier molecular flexibility index (Phi) is 7.40. The molecular weight excluding hydrogens is 414 g/mol. The molecule has 9 heteroatoms. The van der Waals surface area contributed by atoms with Gasteiger partial charge in [0.1, 0.15) is 17.0 Å². The van der Waals surface area contributed by atoms with Gasteiger partial charge in [-0.25, -0.2) is 4.79 Å². The number of carbonyl (C=O) groups excluding carboxylic acids is 3. The second-order valence-corrected chi connectivity index (χ2v) is 8.95. The molecule has 2 N–H and O–H groups in total. The largest absolute Gasteiger partial charge is 0.493 e. The van der Waals surface area contributed by atoms with Gasteiger partial charge in [0.25, 0.3) is 11.8 Å². The van der Waals surface area contributed by atoms with E-state index < -0.39 is 17.4 Å². The van der Waals surface area contributed by atoms with E-state index in [0.29, 0.717) is 37.1 Å². The molecule has 1 fully saturated rings. The van der Waals surface area contributed by atoms with Crippen molar-refractivity contribution in [3.8, 4) is 5.75 Å². The number of β-amino-alcohol motifs (C(OH)–C–C–N with tert-alkyl or cyclic N) is 1. The summed E-state index contributed by atoms with van der Waals surface area (Å²) in [6.45, 7) is 7.06. The number of amides is 3. The number of imide groups is 1. The quantitative estimate of drug-likeness (QED) is 0.620. The van der Waals surface area contributed by atoms with Crippen LogP contribution in [-0.2, 0) is 14.3 Å². The Labute approximate surface area is 188 Å². The van der Waals surface area contributed by atoms with Gasteiger partial charge in [-0.1, -0.05) is 6.07 Å². The summed E-state index contributed by atoms with van der Waals surface area (Å²) in [5.74, 6) is 0.0621. The Morgan fingerprint density at radius 3 is 2.59 bits per heavy atom. The van der Waals surface area contributed by atoms with Crippen molar-refractivity contribution in [2.24, 2.45) is 5.92 Å². The summed E-state index contributed by atoms with van der Waals surface area (Å²) in [5.41, 5.74) is 0.287. The lowest BCUT2D eigenvalue weighted by Gasteiger charge is -2.33. The Bertz CT molecular complexity index is 884. The van der Waals surface area contributed by atoms with Crippen molar-refractivity contribution in [1.29, 1.82) is 0 Å². The van der Waals surface area contributed by atoms with E-state index in [1.54, 1.807) is 23.1 Å². The molecule has 0 unspecified atom stereocenters. The highest BCUT2D eigenvalue weighted by atomic mass is 16.6. The molecule has 3 amide bonds. The van der Waals surface area contributed by atoms with Crippen molar-refractivity contribution in [2.75, 3.05) is 38.2 Å². The first kappa shape index (κ1) is 23.6. The Morgan fingerprint density at radius 1 is 1.22 bits per heavy atom. The number of ether oxygens (including phenoxy) is 2. The predicted molar refractivity (Wildman–Crippen MR) is 118 cm³/mol. The third-order valence-electron chi connectivity index (χ3n) is 5.20. The van der Waals surface area contributed by atoms with E-state index in [-0.39, 0.29) is 24.9 Å². The fourth-order valence-electron chi connectivity index (χ4n) is 3.55. The molecule has 0 aromatic heterocycles. The number of hydrogen-bond donors (Lipinski definition) is 2. The maximum absolute atomic E-state index is 12.3. The molecule has 32 heavy (non-hydrogen) atoms. The van der Waals surface area contributed by atoms with Crippen LogP contribution < -0.4 is 10.1 Å². The molecule has 3 rings (SSSR count). The number of nitrogens with zero attached hydrogens (tertiary/aromatic N) is 2. The van der Waals surface area contributed by atoms with E-state index in [4.69, 9.17) is 14.6 Å². The molecule has 1 aromatic rings. The topological polar surface area (TPSA) is 108 Å². The van der Waals surface area contributed by atoms with E-state index in [2.05, 4.69) is 5.32 Å². The summed E-state index contributed by atoms with van der Waals surface area (Å²) in [4.78, 5) is 39.1. The normalized spacial score (nSPS) is 17.4. The van der Waals surface area contributed by atoms with Gasteiger partial charge in [0.05, 0.1) is 19.8 Å².